The summed E-state index contributed by atoms with van der Waals surface area (Å²) in [6.07, 6.45) is 1.29. The minimum atomic E-state index is -5.09. The third-order valence-electron chi connectivity index (χ3n) is 2.06. The van der Waals surface area contributed by atoms with Gasteiger partial charge in [-0.25, -0.2) is 4.39 Å². The van der Waals surface area contributed by atoms with E-state index >= 15 is 0 Å². The number of H-pyrrole nitrogens is 1. The van der Waals surface area contributed by atoms with Crippen molar-refractivity contribution in [1.29, 1.82) is 0 Å². The monoisotopic (exact) mass is 241 g/mol. The summed E-state index contributed by atoms with van der Waals surface area (Å²) < 4.78 is 50.4. The second-order valence-corrected chi connectivity index (χ2v) is 2.98. The number of fused-ring (bicyclic) bond motifs is 1. The molecule has 1 N–H and O–H groups in total. The van der Waals surface area contributed by atoms with Crippen molar-refractivity contribution in [2.75, 3.05) is 0 Å². The van der Waals surface area contributed by atoms with Crippen LogP contribution in [0, 0.1) is 5.82 Å². The fourth-order valence-electron chi connectivity index (χ4n) is 1.43. The predicted octanol–water partition coefficient (Wildman–Crippen LogP) is -0.635. The molecule has 1 nitrogen and oxygen atoms in total. The topological polar surface area (TPSA) is 15.8 Å². The Balaban J connectivity index is 0.00000112. The van der Waals surface area contributed by atoms with Crippen LogP contribution < -0.4 is 56.8 Å². The number of aromatic nitrogens is 1. The molecule has 0 aliphatic rings. The van der Waals surface area contributed by atoms with Gasteiger partial charge in [0.1, 0.15) is 5.82 Å². The van der Waals surface area contributed by atoms with Gasteiger partial charge >= 0.3 is 58.4 Å². The van der Waals surface area contributed by atoms with Crippen LogP contribution in [0.5, 0.6) is 0 Å². The first-order valence-corrected chi connectivity index (χ1v) is 3.95. The molecule has 7 heteroatoms. The molecule has 0 bridgehead atoms. The summed E-state index contributed by atoms with van der Waals surface area (Å²) in [5.41, 5.74) is -0.857. The predicted molar refractivity (Wildman–Crippen MR) is 47.0 cm³/mol. The van der Waals surface area contributed by atoms with Crippen molar-refractivity contribution in [3.8, 4) is 0 Å². The average Bonchev–Trinajstić information content (AvgIpc) is 2.50. The maximum Gasteiger partial charge on any atom is 1.00 e. The molecule has 0 spiro atoms. The number of benzene rings is 1. The van der Waals surface area contributed by atoms with Crippen LogP contribution in [0.3, 0.4) is 0 Å². The van der Waals surface area contributed by atoms with E-state index in [0.29, 0.717) is 0 Å². The second kappa shape index (κ2) is 4.59. The van der Waals surface area contributed by atoms with Crippen LogP contribution >= 0.6 is 0 Å². The fraction of sp³-hybridized carbons (Fsp3) is 0. The molecule has 0 saturated heterocycles. The molecule has 74 valence electrons. The van der Waals surface area contributed by atoms with Crippen LogP contribution in [0.25, 0.3) is 10.9 Å². The molecule has 0 aliphatic carbocycles. The van der Waals surface area contributed by atoms with Crippen LogP contribution in [0.4, 0.5) is 17.3 Å². The van der Waals surface area contributed by atoms with E-state index in [9.17, 15) is 17.3 Å². The summed E-state index contributed by atoms with van der Waals surface area (Å²) in [4.78, 5) is 2.44. The van der Waals surface area contributed by atoms with E-state index < -0.39 is 18.3 Å². The Morgan fingerprint density at radius 1 is 1.07 bits per heavy atom. The number of nitrogens with one attached hydrogen (secondary N) is 1. The molecule has 1 heterocycles. The molecule has 0 atom stereocenters. The smallest absolute Gasteiger partial charge is 0.445 e. The van der Waals surface area contributed by atoms with Crippen molar-refractivity contribution in [2.24, 2.45) is 0 Å². The zero-order chi connectivity index (χ0) is 10.3. The Labute approximate surface area is 126 Å². The quantitative estimate of drug-likeness (QED) is 0.505. The van der Waals surface area contributed by atoms with Gasteiger partial charge in [0.25, 0.3) is 0 Å². The van der Waals surface area contributed by atoms with Crippen LogP contribution in [0.1, 0.15) is 0 Å². The van der Waals surface area contributed by atoms with Gasteiger partial charge in [0, 0.05) is 6.20 Å². The van der Waals surface area contributed by atoms with E-state index in [1.54, 1.807) is 0 Å². The van der Waals surface area contributed by atoms with Crippen LogP contribution in [0.15, 0.2) is 24.4 Å². The Morgan fingerprint density at radius 2 is 1.73 bits per heavy atom. The van der Waals surface area contributed by atoms with Gasteiger partial charge in [-0.15, -0.1) is 0 Å². The molecule has 1 aromatic heterocycles. The van der Waals surface area contributed by atoms with Gasteiger partial charge in [-0.05, 0) is 17.5 Å². The summed E-state index contributed by atoms with van der Waals surface area (Å²) in [6.45, 7) is -5.09. The van der Waals surface area contributed by atoms with E-state index in [-0.39, 0.29) is 62.3 Å². The maximum absolute atomic E-state index is 13.0. The van der Waals surface area contributed by atoms with E-state index in [1.807, 2.05) is 0 Å². The Bertz CT molecular complexity index is 479. The third-order valence-corrected chi connectivity index (χ3v) is 2.06. The van der Waals surface area contributed by atoms with E-state index in [2.05, 4.69) is 4.98 Å². The van der Waals surface area contributed by atoms with Gasteiger partial charge < -0.3 is 17.9 Å². The average molecular weight is 241 g/mol. The normalized spacial score (nSPS) is 11.5. The first-order chi connectivity index (χ1) is 6.50. The van der Waals surface area contributed by atoms with Crippen LogP contribution in [0.2, 0.25) is 0 Å². The van der Waals surface area contributed by atoms with Crippen molar-refractivity contribution in [3.63, 3.8) is 0 Å². The zero-order valence-electron chi connectivity index (χ0n) is 7.90. The Morgan fingerprint density at radius 3 is 2.33 bits per heavy atom. The van der Waals surface area contributed by atoms with Gasteiger partial charge in [0.15, 0.2) is 0 Å². The first-order valence-electron chi connectivity index (χ1n) is 3.95. The van der Waals surface area contributed by atoms with Crippen molar-refractivity contribution >= 4 is 23.3 Å². The molecule has 1 aromatic carbocycles. The van der Waals surface area contributed by atoms with Crippen LogP contribution in [-0.2, 0) is 0 Å². The molecule has 0 amide bonds. The summed E-state index contributed by atoms with van der Waals surface area (Å²) in [7, 11) is 0. The number of halogens is 4. The second-order valence-electron chi connectivity index (χ2n) is 2.98. The summed E-state index contributed by atoms with van der Waals surface area (Å²) >= 11 is 0. The van der Waals surface area contributed by atoms with Gasteiger partial charge in [-0.2, -0.15) is 0 Å². The SMILES string of the molecule is Fc1ccc([B-](F)(F)F)c2cc[nH]c12.[K+]. The van der Waals surface area contributed by atoms with Crippen molar-refractivity contribution < 1.29 is 68.7 Å². The molecule has 0 unspecified atom stereocenters. The van der Waals surface area contributed by atoms with Crippen LogP contribution in [-0.4, -0.2) is 12.0 Å². The minimum absolute atomic E-state index is 0. The standard InChI is InChI=1S/C8H5BF4N.K/c10-7-2-1-6(9(11,12)13)5-3-4-14-8(5)7;/h1-4,14H;/q-1;+1. The van der Waals surface area contributed by atoms with Crippen molar-refractivity contribution in [3.05, 3.63) is 30.2 Å². The number of hydrogen-bond acceptors (Lipinski definition) is 0. The molecule has 0 saturated carbocycles. The summed E-state index contributed by atoms with van der Waals surface area (Å²) in [6, 6.07) is 2.82. The van der Waals surface area contributed by atoms with Gasteiger partial charge in [0.05, 0.1) is 5.52 Å². The number of aromatic amines is 1. The molecule has 0 fully saturated rings. The van der Waals surface area contributed by atoms with E-state index in [0.717, 1.165) is 12.1 Å². The van der Waals surface area contributed by atoms with Crippen molar-refractivity contribution in [2.45, 2.75) is 0 Å². The Hall–Kier alpha value is 0.181. The summed E-state index contributed by atoms with van der Waals surface area (Å²) in [5, 5.41) is -0.113. The fourth-order valence-corrected chi connectivity index (χ4v) is 1.43. The number of rotatable bonds is 1. The molecule has 2 aromatic rings. The van der Waals surface area contributed by atoms with Gasteiger partial charge in [-0.3, -0.25) is 0 Å². The molecule has 0 radical (unpaired) electrons. The van der Waals surface area contributed by atoms with E-state index in [4.69, 9.17) is 0 Å². The molecule has 15 heavy (non-hydrogen) atoms. The van der Waals surface area contributed by atoms with Crippen molar-refractivity contribution in [1.82, 2.24) is 4.98 Å². The Kier molecular flexibility index (Phi) is 4.05. The molecular formula is C8H5BF4KN. The van der Waals surface area contributed by atoms with E-state index in [1.165, 1.54) is 12.3 Å². The molecular weight excluding hydrogens is 236 g/mol. The third kappa shape index (κ3) is 2.47. The first kappa shape index (κ1) is 13.2. The van der Waals surface area contributed by atoms with Gasteiger partial charge in [0.2, 0.25) is 0 Å². The maximum atomic E-state index is 13.0. The molecule has 0 aliphatic heterocycles. The number of hydrogen-bond donors (Lipinski definition) is 1. The molecule has 2 rings (SSSR count). The minimum Gasteiger partial charge on any atom is -0.445 e. The zero-order valence-corrected chi connectivity index (χ0v) is 11.0. The van der Waals surface area contributed by atoms with Gasteiger partial charge in [-0.1, -0.05) is 11.5 Å². The largest absolute Gasteiger partial charge is 1.00 e. The summed E-state index contributed by atoms with van der Waals surface area (Å²) in [5.74, 6) is -0.672.